The van der Waals surface area contributed by atoms with Crippen LogP contribution in [0, 0.1) is 5.92 Å². The van der Waals surface area contributed by atoms with E-state index in [0.717, 1.165) is 31.0 Å². The Kier molecular flexibility index (Phi) is 4.83. The molecule has 0 saturated carbocycles. The standard InChI is InChI=1S/C14H21NO2/c1-16-10-13-3-2-4-14(9-13)17-11-12-5-7-15-8-6-12/h2-4,9,12,15H,5-8,10-11H2,1H3. The summed E-state index contributed by atoms with van der Waals surface area (Å²) < 4.78 is 11.0. The molecule has 1 N–H and O–H groups in total. The number of methoxy groups -OCH3 is 1. The van der Waals surface area contributed by atoms with Gasteiger partial charge in [-0.3, -0.25) is 0 Å². The molecule has 94 valence electrons. The molecule has 17 heavy (non-hydrogen) atoms. The highest BCUT2D eigenvalue weighted by Gasteiger charge is 2.13. The maximum Gasteiger partial charge on any atom is 0.119 e. The summed E-state index contributed by atoms with van der Waals surface area (Å²) >= 11 is 0. The molecule has 3 heteroatoms. The van der Waals surface area contributed by atoms with Crippen LogP contribution >= 0.6 is 0 Å². The highest BCUT2D eigenvalue weighted by molar-refractivity contribution is 5.28. The van der Waals surface area contributed by atoms with Gasteiger partial charge in [-0.25, -0.2) is 0 Å². The maximum absolute atomic E-state index is 5.85. The van der Waals surface area contributed by atoms with Crippen LogP contribution < -0.4 is 10.1 Å². The Morgan fingerprint density at radius 1 is 1.29 bits per heavy atom. The van der Waals surface area contributed by atoms with Crippen LogP contribution in [0.25, 0.3) is 0 Å². The molecule has 0 aliphatic carbocycles. The quantitative estimate of drug-likeness (QED) is 0.848. The van der Waals surface area contributed by atoms with Crippen LogP contribution in [-0.4, -0.2) is 26.8 Å². The molecule has 0 amide bonds. The number of rotatable bonds is 5. The first kappa shape index (κ1) is 12.4. The fraction of sp³-hybridized carbons (Fsp3) is 0.571. The van der Waals surface area contributed by atoms with Gasteiger partial charge in [-0.1, -0.05) is 12.1 Å². The van der Waals surface area contributed by atoms with Crippen LogP contribution in [-0.2, 0) is 11.3 Å². The number of ether oxygens (including phenoxy) is 2. The number of piperidine rings is 1. The summed E-state index contributed by atoms with van der Waals surface area (Å²) in [5.41, 5.74) is 1.16. The topological polar surface area (TPSA) is 30.5 Å². The van der Waals surface area contributed by atoms with Crippen LogP contribution in [0.1, 0.15) is 18.4 Å². The van der Waals surface area contributed by atoms with Crippen LogP contribution in [0.3, 0.4) is 0 Å². The SMILES string of the molecule is COCc1cccc(OCC2CCNCC2)c1. The first-order valence-corrected chi connectivity index (χ1v) is 6.30. The van der Waals surface area contributed by atoms with Gasteiger partial charge >= 0.3 is 0 Å². The lowest BCUT2D eigenvalue weighted by molar-refractivity contribution is 0.183. The van der Waals surface area contributed by atoms with Gasteiger partial charge in [0.1, 0.15) is 5.75 Å². The van der Waals surface area contributed by atoms with Crippen LogP contribution in [0.4, 0.5) is 0 Å². The average Bonchev–Trinajstić information content (AvgIpc) is 2.39. The Labute approximate surface area is 103 Å². The number of hydrogen-bond acceptors (Lipinski definition) is 3. The van der Waals surface area contributed by atoms with Crippen LogP contribution in [0.5, 0.6) is 5.75 Å². The zero-order chi connectivity index (χ0) is 11.9. The molecule has 1 aromatic rings. The lowest BCUT2D eigenvalue weighted by Crippen LogP contribution is -2.30. The van der Waals surface area contributed by atoms with Crippen molar-refractivity contribution in [3.63, 3.8) is 0 Å². The third-order valence-corrected chi connectivity index (χ3v) is 3.15. The van der Waals surface area contributed by atoms with E-state index in [9.17, 15) is 0 Å². The summed E-state index contributed by atoms with van der Waals surface area (Å²) in [4.78, 5) is 0. The summed E-state index contributed by atoms with van der Waals surface area (Å²) in [5.74, 6) is 1.65. The largest absolute Gasteiger partial charge is 0.493 e. The molecular weight excluding hydrogens is 214 g/mol. The summed E-state index contributed by atoms with van der Waals surface area (Å²) in [7, 11) is 1.71. The molecule has 1 fully saturated rings. The Morgan fingerprint density at radius 3 is 2.88 bits per heavy atom. The second kappa shape index (κ2) is 6.62. The minimum Gasteiger partial charge on any atom is -0.493 e. The molecule has 0 atom stereocenters. The first-order valence-electron chi connectivity index (χ1n) is 6.30. The van der Waals surface area contributed by atoms with Crippen molar-refractivity contribution in [2.75, 3.05) is 26.8 Å². The predicted octanol–water partition coefficient (Wildman–Crippen LogP) is 2.21. The monoisotopic (exact) mass is 235 g/mol. The zero-order valence-electron chi connectivity index (χ0n) is 10.4. The van der Waals surface area contributed by atoms with Gasteiger partial charge < -0.3 is 14.8 Å². The molecule has 1 saturated heterocycles. The minimum atomic E-state index is 0.643. The van der Waals surface area contributed by atoms with Gasteiger partial charge in [0.15, 0.2) is 0 Å². The molecule has 2 rings (SSSR count). The van der Waals surface area contributed by atoms with E-state index < -0.39 is 0 Å². The van der Waals surface area contributed by atoms with E-state index in [1.807, 2.05) is 12.1 Å². The van der Waals surface area contributed by atoms with Crippen molar-refractivity contribution in [2.45, 2.75) is 19.4 Å². The minimum absolute atomic E-state index is 0.643. The lowest BCUT2D eigenvalue weighted by atomic mass is 9.99. The van der Waals surface area contributed by atoms with E-state index in [-0.39, 0.29) is 0 Å². The molecule has 0 spiro atoms. The second-order valence-electron chi connectivity index (χ2n) is 4.58. The van der Waals surface area contributed by atoms with Crippen molar-refractivity contribution in [2.24, 2.45) is 5.92 Å². The Hall–Kier alpha value is -1.06. The fourth-order valence-electron chi connectivity index (χ4n) is 2.15. The third-order valence-electron chi connectivity index (χ3n) is 3.15. The molecule has 1 aliphatic heterocycles. The molecule has 0 radical (unpaired) electrons. The predicted molar refractivity (Wildman–Crippen MR) is 68.2 cm³/mol. The summed E-state index contributed by atoms with van der Waals surface area (Å²) in [6.07, 6.45) is 2.44. The van der Waals surface area contributed by atoms with E-state index >= 15 is 0 Å². The van der Waals surface area contributed by atoms with Crippen molar-refractivity contribution < 1.29 is 9.47 Å². The van der Waals surface area contributed by atoms with Crippen molar-refractivity contribution in [1.29, 1.82) is 0 Å². The fourth-order valence-corrected chi connectivity index (χ4v) is 2.15. The molecule has 0 aromatic heterocycles. The molecule has 1 heterocycles. The Balaban J connectivity index is 1.83. The van der Waals surface area contributed by atoms with E-state index in [1.165, 1.54) is 12.8 Å². The number of benzene rings is 1. The Bertz CT molecular complexity index is 335. The van der Waals surface area contributed by atoms with Crippen molar-refractivity contribution in [3.05, 3.63) is 29.8 Å². The molecule has 0 unspecified atom stereocenters. The molecule has 1 aliphatic rings. The third kappa shape index (κ3) is 4.02. The van der Waals surface area contributed by atoms with Crippen LogP contribution in [0.15, 0.2) is 24.3 Å². The van der Waals surface area contributed by atoms with E-state index in [1.54, 1.807) is 7.11 Å². The van der Waals surface area contributed by atoms with Gasteiger partial charge in [0.25, 0.3) is 0 Å². The van der Waals surface area contributed by atoms with Gasteiger partial charge in [-0.15, -0.1) is 0 Å². The van der Waals surface area contributed by atoms with E-state index in [4.69, 9.17) is 9.47 Å². The van der Waals surface area contributed by atoms with Crippen molar-refractivity contribution >= 4 is 0 Å². The lowest BCUT2D eigenvalue weighted by Gasteiger charge is -2.22. The number of hydrogen-bond donors (Lipinski definition) is 1. The average molecular weight is 235 g/mol. The van der Waals surface area contributed by atoms with Gasteiger partial charge in [0.05, 0.1) is 13.2 Å². The van der Waals surface area contributed by atoms with Gasteiger partial charge in [-0.05, 0) is 49.5 Å². The van der Waals surface area contributed by atoms with Gasteiger partial charge in [-0.2, -0.15) is 0 Å². The second-order valence-corrected chi connectivity index (χ2v) is 4.58. The summed E-state index contributed by atoms with van der Waals surface area (Å²) in [6.45, 7) is 3.72. The number of nitrogens with one attached hydrogen (secondary N) is 1. The van der Waals surface area contributed by atoms with Gasteiger partial charge in [0.2, 0.25) is 0 Å². The molecule has 0 bridgehead atoms. The van der Waals surface area contributed by atoms with Crippen molar-refractivity contribution in [1.82, 2.24) is 5.32 Å². The summed E-state index contributed by atoms with van der Waals surface area (Å²) in [5, 5.41) is 3.37. The van der Waals surface area contributed by atoms with Crippen LogP contribution in [0.2, 0.25) is 0 Å². The molecule has 3 nitrogen and oxygen atoms in total. The highest BCUT2D eigenvalue weighted by atomic mass is 16.5. The molecule has 1 aromatic carbocycles. The summed E-state index contributed by atoms with van der Waals surface area (Å²) in [6, 6.07) is 8.15. The molecular formula is C14H21NO2. The van der Waals surface area contributed by atoms with E-state index in [0.29, 0.717) is 12.5 Å². The normalized spacial score (nSPS) is 17.0. The highest BCUT2D eigenvalue weighted by Crippen LogP contribution is 2.17. The van der Waals surface area contributed by atoms with Gasteiger partial charge in [0, 0.05) is 7.11 Å². The zero-order valence-corrected chi connectivity index (χ0v) is 10.4. The first-order chi connectivity index (χ1) is 8.38. The van der Waals surface area contributed by atoms with E-state index in [2.05, 4.69) is 17.4 Å². The maximum atomic E-state index is 5.85. The van der Waals surface area contributed by atoms with Crippen molar-refractivity contribution in [3.8, 4) is 5.75 Å². The smallest absolute Gasteiger partial charge is 0.119 e. The Morgan fingerprint density at radius 2 is 2.12 bits per heavy atom.